The van der Waals surface area contributed by atoms with E-state index in [1.54, 1.807) is 37.3 Å². The molecule has 1 heterocycles. The van der Waals surface area contributed by atoms with Gasteiger partial charge in [0.05, 0.1) is 17.7 Å². The first-order valence-corrected chi connectivity index (χ1v) is 12.1. The van der Waals surface area contributed by atoms with Crippen molar-refractivity contribution in [1.82, 2.24) is 4.98 Å². The molecule has 0 spiro atoms. The van der Waals surface area contributed by atoms with Crippen LogP contribution in [0.25, 0.3) is 21.7 Å². The first kappa shape index (κ1) is 27.7. The van der Waals surface area contributed by atoms with Crippen molar-refractivity contribution in [2.24, 2.45) is 0 Å². The molecule has 1 aromatic heterocycles. The second-order valence-electron chi connectivity index (χ2n) is 8.11. The van der Waals surface area contributed by atoms with Crippen molar-refractivity contribution < 1.29 is 46.4 Å². The summed E-state index contributed by atoms with van der Waals surface area (Å²) in [6, 6.07) is 14.6. The summed E-state index contributed by atoms with van der Waals surface area (Å²) < 4.78 is 73.0. The molecule has 0 aliphatic heterocycles. The highest BCUT2D eigenvalue weighted by molar-refractivity contribution is 7.15. The molecule has 39 heavy (non-hydrogen) atoms. The molecular weight excluding hydrogens is 542 g/mol. The van der Waals surface area contributed by atoms with Crippen LogP contribution in [0, 0.1) is 12.7 Å². The van der Waals surface area contributed by atoms with E-state index in [2.05, 4.69) is 9.72 Å². The van der Waals surface area contributed by atoms with Crippen LogP contribution >= 0.6 is 11.3 Å². The SMILES string of the molecule is COc1ccc(-c2nc(COc3ccc(OCC(=O)O)c(C)c3)sc2-c2cccc(OC(F)(F)F)c2)cc1F. The number of aliphatic carboxylic acids is 1. The molecule has 7 nitrogen and oxygen atoms in total. The second kappa shape index (κ2) is 11.6. The number of carboxylic acids is 1. The number of carboxylic acid groups (broad SMARTS) is 1. The topological polar surface area (TPSA) is 87.1 Å². The minimum Gasteiger partial charge on any atom is -0.494 e. The van der Waals surface area contributed by atoms with E-state index in [0.717, 1.165) is 0 Å². The minimum absolute atomic E-state index is 0.00378. The molecule has 3 aromatic carbocycles. The Kier molecular flexibility index (Phi) is 8.24. The highest BCUT2D eigenvalue weighted by Gasteiger charge is 2.31. The molecule has 0 unspecified atom stereocenters. The normalized spacial score (nSPS) is 11.2. The number of rotatable bonds is 10. The number of benzene rings is 3. The zero-order chi connectivity index (χ0) is 28.2. The van der Waals surface area contributed by atoms with Crippen molar-refractivity contribution in [2.75, 3.05) is 13.7 Å². The quantitative estimate of drug-likeness (QED) is 0.211. The van der Waals surface area contributed by atoms with Gasteiger partial charge >= 0.3 is 12.3 Å². The predicted molar refractivity (Wildman–Crippen MR) is 135 cm³/mol. The van der Waals surface area contributed by atoms with Crippen LogP contribution < -0.4 is 18.9 Å². The lowest BCUT2D eigenvalue weighted by Crippen LogP contribution is -2.17. The average Bonchev–Trinajstić information content (AvgIpc) is 3.30. The fraction of sp³-hybridized carbons (Fsp3) is 0.185. The summed E-state index contributed by atoms with van der Waals surface area (Å²) in [6.45, 7) is 1.26. The largest absolute Gasteiger partial charge is 0.573 e. The van der Waals surface area contributed by atoms with E-state index >= 15 is 0 Å². The molecular formula is C27H21F4NO6S. The number of halogens is 4. The summed E-state index contributed by atoms with van der Waals surface area (Å²) >= 11 is 1.17. The van der Waals surface area contributed by atoms with Gasteiger partial charge in [0, 0.05) is 5.56 Å². The van der Waals surface area contributed by atoms with E-state index < -0.39 is 30.5 Å². The lowest BCUT2D eigenvalue weighted by Gasteiger charge is -2.10. The molecule has 1 N–H and O–H groups in total. The van der Waals surface area contributed by atoms with Gasteiger partial charge in [-0.15, -0.1) is 24.5 Å². The third kappa shape index (κ3) is 7.17. The molecule has 0 bridgehead atoms. The molecule has 0 fully saturated rings. The van der Waals surface area contributed by atoms with Crippen LogP contribution in [0.4, 0.5) is 17.6 Å². The zero-order valence-corrected chi connectivity index (χ0v) is 21.4. The van der Waals surface area contributed by atoms with E-state index in [9.17, 15) is 22.4 Å². The Morgan fingerprint density at radius 1 is 0.974 bits per heavy atom. The fourth-order valence-corrected chi connectivity index (χ4v) is 4.62. The number of aryl methyl sites for hydroxylation is 1. The van der Waals surface area contributed by atoms with Crippen LogP contribution in [0.2, 0.25) is 0 Å². The summed E-state index contributed by atoms with van der Waals surface area (Å²) in [7, 11) is 1.33. The number of hydrogen-bond donors (Lipinski definition) is 1. The Morgan fingerprint density at radius 2 is 1.74 bits per heavy atom. The number of methoxy groups -OCH3 is 1. The molecule has 204 valence electrons. The van der Waals surface area contributed by atoms with Crippen molar-refractivity contribution in [3.63, 3.8) is 0 Å². The van der Waals surface area contributed by atoms with Gasteiger partial charge in [-0.05, 0) is 66.6 Å². The fourth-order valence-electron chi connectivity index (χ4n) is 3.62. The third-order valence-electron chi connectivity index (χ3n) is 5.29. The van der Waals surface area contributed by atoms with Gasteiger partial charge < -0.3 is 24.1 Å². The molecule has 4 rings (SSSR count). The highest BCUT2D eigenvalue weighted by atomic mass is 32.1. The van der Waals surface area contributed by atoms with Gasteiger partial charge in [-0.1, -0.05) is 12.1 Å². The van der Waals surface area contributed by atoms with Crippen molar-refractivity contribution in [3.05, 3.63) is 77.1 Å². The minimum atomic E-state index is -4.86. The summed E-state index contributed by atoms with van der Waals surface area (Å²) in [4.78, 5) is 15.8. The van der Waals surface area contributed by atoms with Gasteiger partial charge in [-0.3, -0.25) is 0 Å². The van der Waals surface area contributed by atoms with Crippen LogP contribution in [0.1, 0.15) is 10.6 Å². The Balaban J connectivity index is 1.65. The van der Waals surface area contributed by atoms with E-state index in [4.69, 9.17) is 19.3 Å². The van der Waals surface area contributed by atoms with Gasteiger partial charge in [0.25, 0.3) is 0 Å². The van der Waals surface area contributed by atoms with Crippen LogP contribution in [0.5, 0.6) is 23.0 Å². The van der Waals surface area contributed by atoms with Crippen LogP contribution in [-0.2, 0) is 11.4 Å². The average molecular weight is 564 g/mol. The molecule has 12 heteroatoms. The Bertz CT molecular complexity index is 1490. The lowest BCUT2D eigenvalue weighted by atomic mass is 10.1. The summed E-state index contributed by atoms with van der Waals surface area (Å²) in [6.07, 6.45) is -4.86. The molecule has 4 aromatic rings. The van der Waals surface area contributed by atoms with Crippen LogP contribution in [-0.4, -0.2) is 36.1 Å². The number of nitrogens with zero attached hydrogens (tertiary/aromatic N) is 1. The van der Waals surface area contributed by atoms with Gasteiger partial charge in [0.15, 0.2) is 18.2 Å². The molecule has 0 amide bonds. The van der Waals surface area contributed by atoms with E-state index in [-0.39, 0.29) is 12.4 Å². The van der Waals surface area contributed by atoms with Crippen molar-refractivity contribution in [1.29, 1.82) is 0 Å². The molecule has 0 aliphatic carbocycles. The number of thiazole rings is 1. The van der Waals surface area contributed by atoms with Gasteiger partial charge in [-0.25, -0.2) is 14.2 Å². The van der Waals surface area contributed by atoms with Crippen LogP contribution in [0.3, 0.4) is 0 Å². The molecule has 0 radical (unpaired) electrons. The van der Waals surface area contributed by atoms with Crippen molar-refractivity contribution in [2.45, 2.75) is 19.9 Å². The number of hydrogen-bond acceptors (Lipinski definition) is 7. The van der Waals surface area contributed by atoms with E-state index in [1.807, 2.05) is 0 Å². The number of aromatic nitrogens is 1. The van der Waals surface area contributed by atoms with Crippen molar-refractivity contribution >= 4 is 17.3 Å². The maximum Gasteiger partial charge on any atom is 0.573 e. The van der Waals surface area contributed by atoms with Gasteiger partial charge in [0.1, 0.15) is 28.9 Å². The maximum absolute atomic E-state index is 14.5. The van der Waals surface area contributed by atoms with Gasteiger partial charge in [0.2, 0.25) is 0 Å². The summed E-state index contributed by atoms with van der Waals surface area (Å²) in [5.74, 6) is -1.24. The van der Waals surface area contributed by atoms with E-state index in [0.29, 0.717) is 43.8 Å². The third-order valence-corrected chi connectivity index (χ3v) is 6.36. The Labute approximate surface area is 224 Å². The predicted octanol–water partition coefficient (Wildman–Crippen LogP) is 6.87. The number of ether oxygens (including phenoxy) is 4. The molecule has 0 saturated heterocycles. The molecule has 0 atom stereocenters. The Hall–Kier alpha value is -4.32. The Morgan fingerprint density at radius 3 is 2.41 bits per heavy atom. The maximum atomic E-state index is 14.5. The highest BCUT2D eigenvalue weighted by Crippen LogP contribution is 2.40. The summed E-state index contributed by atoms with van der Waals surface area (Å²) in [5.41, 5.74) is 1.79. The number of alkyl halides is 3. The van der Waals surface area contributed by atoms with Crippen molar-refractivity contribution in [3.8, 4) is 44.7 Å². The van der Waals surface area contributed by atoms with Crippen LogP contribution in [0.15, 0.2) is 60.7 Å². The zero-order valence-electron chi connectivity index (χ0n) is 20.5. The standard InChI is InChI=1S/C27H21F4NO6S/c1-15-10-18(7-9-21(15)37-14-24(33)34)36-13-23-32-25(16-6-8-22(35-2)20(28)12-16)26(39-23)17-4-3-5-19(11-17)38-27(29,30)31/h3-12H,13-14H2,1-2H3,(H,33,34). The van der Waals surface area contributed by atoms with Gasteiger partial charge in [-0.2, -0.15) is 0 Å². The lowest BCUT2D eigenvalue weighted by molar-refractivity contribution is -0.274. The van der Waals surface area contributed by atoms with E-state index in [1.165, 1.54) is 48.8 Å². The first-order chi connectivity index (χ1) is 18.5. The smallest absolute Gasteiger partial charge is 0.494 e. The second-order valence-corrected chi connectivity index (χ2v) is 9.19. The molecule has 0 saturated carbocycles. The first-order valence-electron chi connectivity index (χ1n) is 11.3. The molecule has 0 aliphatic rings. The monoisotopic (exact) mass is 563 g/mol. The number of carbonyl (C=O) groups is 1. The summed E-state index contributed by atoms with van der Waals surface area (Å²) in [5, 5.41) is 9.26.